The third-order valence-electron chi connectivity index (χ3n) is 4.66. The van der Waals surface area contributed by atoms with Crippen LogP contribution in [0.2, 0.25) is 0 Å². The monoisotopic (exact) mass is 478 g/mol. The Morgan fingerprint density at radius 2 is 1.69 bits per heavy atom. The summed E-state index contributed by atoms with van der Waals surface area (Å²) in [4.78, 5) is 60.0. The standard InChI is InChI=1S/C20H22N4O6S2/c1-8-11-15(25)21-10(7-24(3)4)22-17(11)31-13(8)16(26)23-18-12(19(27)29-5)9(2)14(32-18)20(28)30-6/h7H2,1-6H3,(H,23,26)(H,21,22,25). The third-order valence-corrected chi connectivity index (χ3v) is 7.03. The number of thiophene rings is 2. The number of carbonyl (C=O) groups is 3. The van der Waals surface area contributed by atoms with Crippen LogP contribution in [0.3, 0.4) is 0 Å². The number of anilines is 1. The minimum atomic E-state index is -0.691. The Bertz CT molecular complexity index is 1290. The van der Waals surface area contributed by atoms with E-state index in [0.717, 1.165) is 22.7 Å². The minimum Gasteiger partial charge on any atom is -0.465 e. The highest BCUT2D eigenvalue weighted by Crippen LogP contribution is 2.35. The van der Waals surface area contributed by atoms with Crippen LogP contribution in [0.4, 0.5) is 5.00 Å². The zero-order valence-electron chi connectivity index (χ0n) is 18.4. The fourth-order valence-corrected chi connectivity index (χ4v) is 5.38. The lowest BCUT2D eigenvalue weighted by molar-refractivity contribution is 0.0601. The van der Waals surface area contributed by atoms with Crippen molar-refractivity contribution in [3.8, 4) is 0 Å². The number of H-pyrrole nitrogens is 1. The zero-order valence-corrected chi connectivity index (χ0v) is 20.0. The number of aromatic nitrogens is 2. The highest BCUT2D eigenvalue weighted by atomic mass is 32.1. The number of carbonyl (C=O) groups excluding carboxylic acids is 3. The molecule has 3 heterocycles. The molecule has 3 aromatic heterocycles. The molecule has 0 saturated carbocycles. The molecule has 1 amide bonds. The van der Waals surface area contributed by atoms with Gasteiger partial charge in [0.25, 0.3) is 11.5 Å². The van der Waals surface area contributed by atoms with Gasteiger partial charge in [-0.2, -0.15) is 0 Å². The lowest BCUT2D eigenvalue weighted by Crippen LogP contribution is -2.18. The van der Waals surface area contributed by atoms with Crippen LogP contribution in [0, 0.1) is 13.8 Å². The molecule has 0 spiro atoms. The first kappa shape index (κ1) is 23.6. The van der Waals surface area contributed by atoms with E-state index in [2.05, 4.69) is 15.3 Å². The van der Waals surface area contributed by atoms with Gasteiger partial charge in [0, 0.05) is 0 Å². The molecule has 0 fully saturated rings. The van der Waals surface area contributed by atoms with Gasteiger partial charge in [-0.15, -0.1) is 22.7 Å². The first-order valence-corrected chi connectivity index (χ1v) is 11.0. The maximum absolute atomic E-state index is 13.1. The van der Waals surface area contributed by atoms with Gasteiger partial charge >= 0.3 is 11.9 Å². The van der Waals surface area contributed by atoms with Crippen LogP contribution in [-0.2, 0) is 16.0 Å². The van der Waals surface area contributed by atoms with Crippen LogP contribution >= 0.6 is 22.7 Å². The van der Waals surface area contributed by atoms with E-state index < -0.39 is 17.8 Å². The molecule has 32 heavy (non-hydrogen) atoms. The van der Waals surface area contributed by atoms with Gasteiger partial charge in [0.15, 0.2) is 0 Å². The quantitative estimate of drug-likeness (QED) is 0.517. The average molecular weight is 479 g/mol. The summed E-state index contributed by atoms with van der Waals surface area (Å²) >= 11 is 2.00. The van der Waals surface area contributed by atoms with Gasteiger partial charge < -0.3 is 24.7 Å². The average Bonchev–Trinajstić information content (AvgIpc) is 3.23. The van der Waals surface area contributed by atoms with Gasteiger partial charge in [0.1, 0.15) is 20.5 Å². The molecule has 0 radical (unpaired) electrons. The maximum atomic E-state index is 13.1. The minimum absolute atomic E-state index is 0.0780. The van der Waals surface area contributed by atoms with E-state index in [0.29, 0.717) is 33.7 Å². The van der Waals surface area contributed by atoms with Gasteiger partial charge in [-0.1, -0.05) is 0 Å². The second kappa shape index (κ2) is 9.18. The van der Waals surface area contributed by atoms with Gasteiger partial charge in [0.2, 0.25) is 0 Å². The molecule has 0 saturated heterocycles. The normalized spacial score (nSPS) is 11.1. The van der Waals surface area contributed by atoms with Gasteiger partial charge in [0.05, 0.1) is 36.6 Å². The highest BCUT2D eigenvalue weighted by Gasteiger charge is 2.28. The van der Waals surface area contributed by atoms with Crippen molar-refractivity contribution in [1.29, 1.82) is 0 Å². The summed E-state index contributed by atoms with van der Waals surface area (Å²) in [6, 6.07) is 0. The highest BCUT2D eigenvalue weighted by molar-refractivity contribution is 7.21. The molecule has 170 valence electrons. The van der Waals surface area contributed by atoms with Crippen molar-refractivity contribution in [2.24, 2.45) is 0 Å². The van der Waals surface area contributed by atoms with Gasteiger partial charge in [-0.05, 0) is 39.1 Å². The zero-order chi connectivity index (χ0) is 23.7. The molecule has 10 nitrogen and oxygen atoms in total. The Balaban J connectivity index is 2.05. The predicted octanol–water partition coefficient (Wildman–Crippen LogP) is 2.55. The molecule has 0 atom stereocenters. The summed E-state index contributed by atoms with van der Waals surface area (Å²) in [5, 5.41) is 3.18. The topological polar surface area (TPSA) is 131 Å². The lowest BCUT2D eigenvalue weighted by atomic mass is 10.1. The molecule has 3 aromatic rings. The molecule has 0 aliphatic heterocycles. The largest absolute Gasteiger partial charge is 0.465 e. The molecule has 12 heteroatoms. The van der Waals surface area contributed by atoms with Crippen LogP contribution in [0.5, 0.6) is 0 Å². The Morgan fingerprint density at radius 1 is 1.03 bits per heavy atom. The molecule has 0 bridgehead atoms. The molecule has 0 unspecified atom stereocenters. The van der Waals surface area contributed by atoms with Crippen molar-refractivity contribution < 1.29 is 23.9 Å². The number of fused-ring (bicyclic) bond motifs is 1. The van der Waals surface area contributed by atoms with E-state index in [9.17, 15) is 19.2 Å². The molecule has 0 aromatic carbocycles. The number of amides is 1. The third kappa shape index (κ3) is 4.29. The Morgan fingerprint density at radius 3 is 2.28 bits per heavy atom. The second-order valence-electron chi connectivity index (χ2n) is 7.18. The molecular weight excluding hydrogens is 456 g/mol. The van der Waals surface area contributed by atoms with Crippen molar-refractivity contribution >= 4 is 55.7 Å². The van der Waals surface area contributed by atoms with Crippen molar-refractivity contribution in [3.05, 3.63) is 42.6 Å². The summed E-state index contributed by atoms with van der Waals surface area (Å²) in [6.07, 6.45) is 0. The fourth-order valence-electron chi connectivity index (χ4n) is 3.18. The number of rotatable bonds is 6. The fraction of sp³-hybridized carbons (Fsp3) is 0.350. The van der Waals surface area contributed by atoms with Gasteiger partial charge in [-0.25, -0.2) is 14.6 Å². The first-order chi connectivity index (χ1) is 15.1. The molecule has 0 aliphatic rings. The molecule has 3 rings (SSSR count). The molecule has 0 aliphatic carbocycles. The number of hydrogen-bond donors (Lipinski definition) is 2. The first-order valence-electron chi connectivity index (χ1n) is 9.37. The summed E-state index contributed by atoms with van der Waals surface area (Å²) in [5.74, 6) is -1.35. The number of aromatic amines is 1. The molecular formula is C20H22N4O6S2. The number of ether oxygens (including phenoxy) is 2. The predicted molar refractivity (Wildman–Crippen MR) is 122 cm³/mol. The van der Waals surface area contributed by atoms with E-state index in [4.69, 9.17) is 9.47 Å². The van der Waals surface area contributed by atoms with Crippen molar-refractivity contribution in [3.63, 3.8) is 0 Å². The number of nitrogens with one attached hydrogen (secondary N) is 2. The SMILES string of the molecule is COC(=O)c1sc(NC(=O)c2sc3nc(CN(C)C)[nH]c(=O)c3c2C)c(C(=O)OC)c1C. The maximum Gasteiger partial charge on any atom is 0.348 e. The van der Waals surface area contributed by atoms with Crippen molar-refractivity contribution in [2.75, 3.05) is 33.6 Å². The summed E-state index contributed by atoms with van der Waals surface area (Å²) in [7, 11) is 6.15. The van der Waals surface area contributed by atoms with E-state index in [1.165, 1.54) is 14.2 Å². The lowest BCUT2D eigenvalue weighted by Gasteiger charge is -2.07. The number of esters is 2. The summed E-state index contributed by atoms with van der Waals surface area (Å²) in [6.45, 7) is 3.68. The van der Waals surface area contributed by atoms with E-state index in [1.54, 1.807) is 13.8 Å². The van der Waals surface area contributed by atoms with Crippen molar-refractivity contribution in [2.45, 2.75) is 20.4 Å². The van der Waals surface area contributed by atoms with E-state index >= 15 is 0 Å². The van der Waals surface area contributed by atoms with Crippen molar-refractivity contribution in [1.82, 2.24) is 14.9 Å². The van der Waals surface area contributed by atoms with Crippen LogP contribution in [-0.4, -0.2) is 61.0 Å². The number of hydrogen-bond acceptors (Lipinski definition) is 10. The number of aryl methyl sites for hydroxylation is 1. The summed E-state index contributed by atoms with van der Waals surface area (Å²) in [5.41, 5.74) is 0.585. The second-order valence-corrected chi connectivity index (χ2v) is 9.20. The Hall–Kier alpha value is -3.09. The Labute approximate surface area is 191 Å². The van der Waals surface area contributed by atoms with Crippen LogP contribution in [0.15, 0.2) is 4.79 Å². The van der Waals surface area contributed by atoms with E-state index in [-0.39, 0.29) is 25.9 Å². The van der Waals surface area contributed by atoms with Crippen LogP contribution in [0.1, 0.15) is 46.7 Å². The van der Waals surface area contributed by atoms with Crippen LogP contribution in [0.25, 0.3) is 10.2 Å². The van der Waals surface area contributed by atoms with Gasteiger partial charge in [-0.3, -0.25) is 9.59 Å². The number of methoxy groups -OCH3 is 2. The number of nitrogens with zero attached hydrogens (tertiary/aromatic N) is 2. The van der Waals surface area contributed by atoms with Crippen LogP contribution < -0.4 is 10.9 Å². The summed E-state index contributed by atoms with van der Waals surface area (Å²) < 4.78 is 9.57. The smallest absolute Gasteiger partial charge is 0.348 e. The molecule has 2 N–H and O–H groups in total. The van der Waals surface area contributed by atoms with E-state index in [1.807, 2.05) is 19.0 Å². The Kier molecular flexibility index (Phi) is 6.77.